The highest BCUT2D eigenvalue weighted by Crippen LogP contribution is 2.18. The number of fused-ring (bicyclic) bond motifs is 1. The topological polar surface area (TPSA) is 80.9 Å². The molecule has 0 saturated heterocycles. The number of nitrogens with zero attached hydrogens (tertiary/aromatic N) is 4. The van der Waals surface area contributed by atoms with Gasteiger partial charge < -0.3 is 5.11 Å². The second-order valence-corrected chi connectivity index (χ2v) is 3.70. The van der Waals surface area contributed by atoms with E-state index in [1.807, 2.05) is 24.3 Å². The van der Waals surface area contributed by atoms with Crippen molar-refractivity contribution in [3.63, 3.8) is 0 Å². The number of rotatable bonds is 2. The van der Waals surface area contributed by atoms with Crippen molar-refractivity contribution < 1.29 is 9.90 Å². The molecule has 1 aromatic carbocycles. The summed E-state index contributed by atoms with van der Waals surface area (Å²) in [7, 11) is 0. The van der Waals surface area contributed by atoms with Crippen LogP contribution in [-0.2, 0) is 0 Å². The maximum Gasteiger partial charge on any atom is 0.356 e. The summed E-state index contributed by atoms with van der Waals surface area (Å²) in [5, 5.41) is 21.6. The fourth-order valence-corrected chi connectivity index (χ4v) is 1.75. The molecule has 2 heterocycles. The largest absolute Gasteiger partial charge is 0.476 e. The van der Waals surface area contributed by atoms with Gasteiger partial charge in [-0.3, -0.25) is 0 Å². The predicted octanol–water partition coefficient (Wildman–Crippen LogP) is 1.51. The molecule has 0 aliphatic rings. The molecule has 0 aliphatic heterocycles. The summed E-state index contributed by atoms with van der Waals surface area (Å²) in [5.41, 5.74) is 1.44. The Morgan fingerprint density at radius 3 is 2.83 bits per heavy atom. The first-order chi connectivity index (χ1) is 8.75. The molecule has 0 saturated carbocycles. The highest BCUT2D eigenvalue weighted by Gasteiger charge is 2.10. The molecule has 0 atom stereocenters. The van der Waals surface area contributed by atoms with Crippen LogP contribution >= 0.6 is 0 Å². The molecular formula is C12H8N4O2. The third-order valence-corrected chi connectivity index (χ3v) is 2.58. The smallest absolute Gasteiger partial charge is 0.356 e. The van der Waals surface area contributed by atoms with E-state index in [1.165, 1.54) is 10.7 Å². The van der Waals surface area contributed by atoms with E-state index in [1.54, 1.807) is 12.4 Å². The van der Waals surface area contributed by atoms with Gasteiger partial charge in [-0.1, -0.05) is 18.2 Å². The van der Waals surface area contributed by atoms with E-state index in [-0.39, 0.29) is 5.69 Å². The van der Waals surface area contributed by atoms with Gasteiger partial charge in [0.1, 0.15) is 0 Å². The molecule has 6 heteroatoms. The zero-order chi connectivity index (χ0) is 12.5. The van der Waals surface area contributed by atoms with Gasteiger partial charge in [0.2, 0.25) is 0 Å². The lowest BCUT2D eigenvalue weighted by Gasteiger charge is -2.04. The van der Waals surface area contributed by atoms with Crippen LogP contribution in [0.2, 0.25) is 0 Å². The Morgan fingerprint density at radius 2 is 2.06 bits per heavy atom. The van der Waals surface area contributed by atoms with Crippen LogP contribution in [0.1, 0.15) is 10.5 Å². The lowest BCUT2D eigenvalue weighted by atomic mass is 10.2. The maximum atomic E-state index is 10.8. The first kappa shape index (κ1) is 10.4. The average molecular weight is 240 g/mol. The van der Waals surface area contributed by atoms with E-state index >= 15 is 0 Å². The van der Waals surface area contributed by atoms with Gasteiger partial charge in [-0.2, -0.15) is 15.3 Å². The monoisotopic (exact) mass is 240 g/mol. The number of hydrogen-bond donors (Lipinski definition) is 1. The van der Waals surface area contributed by atoms with Gasteiger partial charge in [-0.15, -0.1) is 0 Å². The number of aromatic nitrogens is 4. The number of hydrogen-bond acceptors (Lipinski definition) is 4. The molecule has 2 aromatic heterocycles. The lowest BCUT2D eigenvalue weighted by molar-refractivity contribution is 0.0690. The summed E-state index contributed by atoms with van der Waals surface area (Å²) in [5.74, 6) is -1.06. The Kier molecular flexibility index (Phi) is 2.26. The van der Waals surface area contributed by atoms with Crippen molar-refractivity contribution in [3.8, 4) is 5.69 Å². The van der Waals surface area contributed by atoms with Crippen molar-refractivity contribution in [2.45, 2.75) is 0 Å². The fourth-order valence-electron chi connectivity index (χ4n) is 1.75. The van der Waals surface area contributed by atoms with E-state index in [2.05, 4.69) is 15.3 Å². The van der Waals surface area contributed by atoms with Crippen LogP contribution in [0.3, 0.4) is 0 Å². The minimum Gasteiger partial charge on any atom is -0.476 e. The average Bonchev–Trinajstić information content (AvgIpc) is 2.87. The van der Waals surface area contributed by atoms with Crippen LogP contribution in [0.4, 0.5) is 0 Å². The molecule has 0 spiro atoms. The Bertz CT molecular complexity index is 730. The summed E-state index contributed by atoms with van der Waals surface area (Å²) in [4.78, 5) is 10.8. The Morgan fingerprint density at radius 1 is 1.22 bits per heavy atom. The van der Waals surface area contributed by atoms with Crippen molar-refractivity contribution >= 4 is 16.9 Å². The van der Waals surface area contributed by atoms with Crippen molar-refractivity contribution in [2.75, 3.05) is 0 Å². The molecule has 6 nitrogen and oxygen atoms in total. The normalized spacial score (nSPS) is 10.7. The SMILES string of the molecule is O=C(O)c1ccn(-c2cnnc3ccccc23)n1. The molecule has 3 rings (SSSR count). The zero-order valence-electron chi connectivity index (χ0n) is 9.19. The van der Waals surface area contributed by atoms with Crippen molar-refractivity contribution in [2.24, 2.45) is 0 Å². The maximum absolute atomic E-state index is 10.8. The zero-order valence-corrected chi connectivity index (χ0v) is 9.19. The first-order valence-corrected chi connectivity index (χ1v) is 5.25. The van der Waals surface area contributed by atoms with Gasteiger partial charge in [-0.25, -0.2) is 9.48 Å². The van der Waals surface area contributed by atoms with Crippen LogP contribution in [0.25, 0.3) is 16.6 Å². The van der Waals surface area contributed by atoms with E-state index in [9.17, 15) is 4.79 Å². The van der Waals surface area contributed by atoms with Crippen LogP contribution < -0.4 is 0 Å². The minimum atomic E-state index is -1.06. The third-order valence-electron chi connectivity index (χ3n) is 2.58. The fraction of sp³-hybridized carbons (Fsp3) is 0. The van der Waals surface area contributed by atoms with Gasteiger partial charge >= 0.3 is 5.97 Å². The van der Waals surface area contributed by atoms with Gasteiger partial charge in [0, 0.05) is 11.6 Å². The van der Waals surface area contributed by atoms with Crippen molar-refractivity contribution in [1.29, 1.82) is 0 Å². The van der Waals surface area contributed by atoms with Gasteiger partial charge in [0.05, 0.1) is 17.4 Å². The molecule has 0 amide bonds. The quantitative estimate of drug-likeness (QED) is 0.734. The first-order valence-electron chi connectivity index (χ1n) is 5.25. The molecule has 0 fully saturated rings. The van der Waals surface area contributed by atoms with E-state index in [0.717, 1.165) is 10.9 Å². The van der Waals surface area contributed by atoms with Crippen molar-refractivity contribution in [3.05, 3.63) is 48.4 Å². The summed E-state index contributed by atoms with van der Waals surface area (Å²) in [6.45, 7) is 0. The molecule has 88 valence electrons. The molecule has 0 unspecified atom stereocenters. The summed E-state index contributed by atoms with van der Waals surface area (Å²) >= 11 is 0. The molecule has 1 N–H and O–H groups in total. The second kappa shape index (κ2) is 3.92. The second-order valence-electron chi connectivity index (χ2n) is 3.70. The van der Waals surface area contributed by atoms with Crippen LogP contribution in [0, 0.1) is 0 Å². The number of carboxylic acid groups (broad SMARTS) is 1. The van der Waals surface area contributed by atoms with E-state index < -0.39 is 5.97 Å². The Hall–Kier alpha value is -2.76. The lowest BCUT2D eigenvalue weighted by Crippen LogP contribution is -2.02. The number of aromatic carboxylic acids is 1. The van der Waals surface area contributed by atoms with Crippen molar-refractivity contribution in [1.82, 2.24) is 20.0 Å². The summed E-state index contributed by atoms with van der Waals surface area (Å²) in [6, 6.07) is 8.92. The van der Waals surface area contributed by atoms with Gasteiger partial charge in [-0.05, 0) is 12.1 Å². The summed E-state index contributed by atoms with van der Waals surface area (Å²) < 4.78 is 1.49. The van der Waals surface area contributed by atoms with Gasteiger partial charge in [0.25, 0.3) is 0 Å². The molecular weight excluding hydrogens is 232 g/mol. The number of carbonyl (C=O) groups is 1. The summed E-state index contributed by atoms with van der Waals surface area (Å²) in [6.07, 6.45) is 3.15. The molecule has 18 heavy (non-hydrogen) atoms. The minimum absolute atomic E-state index is 0.00380. The molecule has 0 bridgehead atoms. The Balaban J connectivity index is 2.21. The predicted molar refractivity (Wildman–Crippen MR) is 63.6 cm³/mol. The van der Waals surface area contributed by atoms with E-state index in [0.29, 0.717) is 5.69 Å². The standard InChI is InChI=1S/C12H8N4O2/c17-12(18)10-5-6-16(15-10)11-7-13-14-9-4-2-1-3-8(9)11/h1-7H,(H,17,18). The van der Waals surface area contributed by atoms with Gasteiger partial charge in [0.15, 0.2) is 5.69 Å². The van der Waals surface area contributed by atoms with E-state index in [4.69, 9.17) is 5.11 Å². The molecule has 0 radical (unpaired) electrons. The number of carboxylic acids is 1. The van der Waals surface area contributed by atoms with Crippen LogP contribution in [-0.4, -0.2) is 31.1 Å². The van der Waals surface area contributed by atoms with Crippen LogP contribution in [0.5, 0.6) is 0 Å². The highest BCUT2D eigenvalue weighted by molar-refractivity contribution is 5.87. The third kappa shape index (κ3) is 1.60. The molecule has 3 aromatic rings. The highest BCUT2D eigenvalue weighted by atomic mass is 16.4. The molecule has 0 aliphatic carbocycles. The Labute approximate surface area is 102 Å². The number of benzene rings is 1. The van der Waals surface area contributed by atoms with Crippen LogP contribution in [0.15, 0.2) is 42.7 Å².